The zero-order valence-corrected chi connectivity index (χ0v) is 23.7. The number of amides is 2. The highest BCUT2D eigenvalue weighted by Crippen LogP contribution is 2.24. The number of aliphatic carboxylic acids is 1. The van der Waals surface area contributed by atoms with Crippen LogP contribution in [0.3, 0.4) is 0 Å². The van der Waals surface area contributed by atoms with Crippen molar-refractivity contribution >= 4 is 17.8 Å². The van der Waals surface area contributed by atoms with Crippen molar-refractivity contribution in [2.45, 2.75) is 57.9 Å². The summed E-state index contributed by atoms with van der Waals surface area (Å²) in [5.74, 6) is 5.93. The second-order valence-corrected chi connectivity index (χ2v) is 10.8. The number of piperidine rings is 2. The molecule has 2 atom stereocenters. The molecule has 0 aliphatic carbocycles. The predicted molar refractivity (Wildman–Crippen MR) is 155 cm³/mol. The van der Waals surface area contributed by atoms with Crippen molar-refractivity contribution in [3.05, 3.63) is 59.4 Å². The maximum absolute atomic E-state index is 13.3. The molecule has 9 nitrogen and oxygen atoms in total. The largest absolute Gasteiger partial charge is 0.494 e. The van der Waals surface area contributed by atoms with Gasteiger partial charge in [0.1, 0.15) is 5.75 Å². The van der Waals surface area contributed by atoms with E-state index in [1.807, 2.05) is 31.2 Å². The summed E-state index contributed by atoms with van der Waals surface area (Å²) < 4.78 is 5.53. The summed E-state index contributed by atoms with van der Waals surface area (Å²) in [6.45, 7) is 5.52. The summed E-state index contributed by atoms with van der Waals surface area (Å²) in [7, 11) is 0. The molecule has 0 radical (unpaired) electrons. The van der Waals surface area contributed by atoms with Crippen LogP contribution in [0.5, 0.6) is 5.75 Å². The lowest BCUT2D eigenvalue weighted by Gasteiger charge is -2.33. The fourth-order valence-electron chi connectivity index (χ4n) is 5.48. The van der Waals surface area contributed by atoms with Gasteiger partial charge in [0.25, 0.3) is 0 Å². The second-order valence-electron chi connectivity index (χ2n) is 10.8. The van der Waals surface area contributed by atoms with Crippen LogP contribution >= 0.6 is 0 Å². The lowest BCUT2D eigenvalue weighted by atomic mass is 9.92. The number of carboxylic acids is 1. The van der Waals surface area contributed by atoms with Crippen molar-refractivity contribution in [1.82, 2.24) is 20.5 Å². The van der Waals surface area contributed by atoms with Crippen molar-refractivity contribution in [2.24, 2.45) is 11.8 Å². The summed E-state index contributed by atoms with van der Waals surface area (Å²) >= 11 is 0. The minimum atomic E-state index is -1.03. The topological polar surface area (TPSA) is 121 Å². The molecule has 4 rings (SSSR count). The number of aromatic nitrogens is 1. The number of nitrogens with one attached hydrogen (secondary N) is 2. The number of rotatable bonds is 10. The fourth-order valence-corrected chi connectivity index (χ4v) is 5.48. The van der Waals surface area contributed by atoms with Gasteiger partial charge in [0, 0.05) is 43.0 Å². The molecule has 1 aromatic carbocycles. The van der Waals surface area contributed by atoms with E-state index in [-0.39, 0.29) is 24.2 Å². The summed E-state index contributed by atoms with van der Waals surface area (Å²) in [4.78, 5) is 44.0. The summed E-state index contributed by atoms with van der Waals surface area (Å²) in [5.41, 5.74) is 1.96. The van der Waals surface area contributed by atoms with Crippen molar-refractivity contribution in [3.63, 3.8) is 0 Å². The zero-order valence-electron chi connectivity index (χ0n) is 23.7. The van der Waals surface area contributed by atoms with Crippen LogP contribution in [-0.4, -0.2) is 65.6 Å². The van der Waals surface area contributed by atoms with Crippen molar-refractivity contribution in [2.75, 3.05) is 32.8 Å². The van der Waals surface area contributed by atoms with Crippen LogP contribution in [0.2, 0.25) is 0 Å². The molecular weight excluding hydrogens is 520 g/mol. The van der Waals surface area contributed by atoms with Crippen LogP contribution < -0.4 is 15.4 Å². The lowest BCUT2D eigenvalue weighted by Crippen LogP contribution is -2.46. The molecular formula is C32H40N4O5. The van der Waals surface area contributed by atoms with Crippen LogP contribution in [0.1, 0.15) is 74.6 Å². The number of hydrogen-bond acceptors (Lipinski definition) is 6. The standard InChI is InChI=1S/C32H40N4O5/c1-2-41-28-7-3-5-24(18-28)8-9-25-17-27(21-34-20-25)29(19-31(38)39)35-32(40)26-6-4-16-36(22-26)30(37)11-10-23-12-14-33-15-13-23/h3,5,7,17-18,20-21,23,26,29,33H,2,4,6,10-16,19,22H2,1H3,(H,35,40)(H,38,39). The molecule has 0 bridgehead atoms. The van der Waals surface area contributed by atoms with E-state index in [4.69, 9.17) is 4.74 Å². The van der Waals surface area contributed by atoms with E-state index in [0.29, 0.717) is 49.6 Å². The van der Waals surface area contributed by atoms with Gasteiger partial charge in [-0.05, 0) is 87.9 Å². The minimum absolute atomic E-state index is 0.102. The maximum atomic E-state index is 13.3. The quantitative estimate of drug-likeness (QED) is 0.380. The van der Waals surface area contributed by atoms with Gasteiger partial charge in [0.2, 0.25) is 11.8 Å². The summed E-state index contributed by atoms with van der Waals surface area (Å²) in [6, 6.07) is 8.47. The average molecular weight is 561 g/mol. The number of nitrogens with zero attached hydrogens (tertiary/aromatic N) is 2. The molecule has 1 aromatic heterocycles. The number of pyridine rings is 1. The lowest BCUT2D eigenvalue weighted by molar-refractivity contribution is -0.138. The van der Waals surface area contributed by atoms with Gasteiger partial charge in [-0.2, -0.15) is 0 Å². The maximum Gasteiger partial charge on any atom is 0.305 e. The Labute approximate surface area is 242 Å². The Kier molecular flexibility index (Phi) is 11.1. The highest BCUT2D eigenvalue weighted by molar-refractivity contribution is 5.82. The van der Waals surface area contributed by atoms with Gasteiger partial charge >= 0.3 is 5.97 Å². The van der Waals surface area contributed by atoms with Crippen molar-refractivity contribution in [3.8, 4) is 17.6 Å². The first-order valence-electron chi connectivity index (χ1n) is 14.6. The van der Waals surface area contributed by atoms with E-state index in [9.17, 15) is 19.5 Å². The second kappa shape index (κ2) is 15.2. The normalized spacial score (nSPS) is 18.1. The molecule has 3 N–H and O–H groups in total. The fraction of sp³-hybridized carbons (Fsp3) is 0.500. The number of benzene rings is 1. The monoisotopic (exact) mass is 560 g/mol. The molecule has 2 aliphatic heterocycles. The molecule has 2 aromatic rings. The third-order valence-corrected chi connectivity index (χ3v) is 7.72. The van der Waals surface area contributed by atoms with E-state index in [0.717, 1.165) is 50.1 Å². The van der Waals surface area contributed by atoms with Crippen LogP contribution in [-0.2, 0) is 14.4 Å². The zero-order chi connectivity index (χ0) is 29.0. The molecule has 0 spiro atoms. The predicted octanol–water partition coefficient (Wildman–Crippen LogP) is 3.53. The average Bonchev–Trinajstić information content (AvgIpc) is 2.99. The van der Waals surface area contributed by atoms with E-state index in [1.165, 1.54) is 0 Å². The van der Waals surface area contributed by atoms with E-state index in [2.05, 4.69) is 27.5 Å². The summed E-state index contributed by atoms with van der Waals surface area (Å²) in [5, 5.41) is 15.9. The van der Waals surface area contributed by atoms with Crippen LogP contribution in [0, 0.1) is 23.7 Å². The highest BCUT2D eigenvalue weighted by Gasteiger charge is 2.30. The van der Waals surface area contributed by atoms with E-state index < -0.39 is 12.0 Å². The SMILES string of the molecule is CCOc1cccc(C#Cc2cncc(C(CC(=O)O)NC(=O)C3CCCN(C(=O)CCC4CCNCC4)C3)c2)c1. The molecule has 2 amide bonds. The molecule has 3 heterocycles. The molecule has 0 saturated carbocycles. The Hall–Kier alpha value is -3.90. The smallest absolute Gasteiger partial charge is 0.305 e. The van der Waals surface area contributed by atoms with Crippen LogP contribution in [0.25, 0.3) is 0 Å². The number of hydrogen-bond donors (Lipinski definition) is 3. The first-order chi connectivity index (χ1) is 19.9. The Bertz CT molecular complexity index is 1260. The Balaban J connectivity index is 1.39. The highest BCUT2D eigenvalue weighted by atomic mass is 16.5. The van der Waals surface area contributed by atoms with Gasteiger partial charge in [-0.25, -0.2) is 0 Å². The van der Waals surface area contributed by atoms with Gasteiger partial charge < -0.3 is 25.4 Å². The van der Waals surface area contributed by atoms with Crippen LogP contribution in [0.15, 0.2) is 42.7 Å². The Morgan fingerprint density at radius 2 is 1.95 bits per heavy atom. The Morgan fingerprint density at radius 3 is 2.73 bits per heavy atom. The van der Waals surface area contributed by atoms with E-state index >= 15 is 0 Å². The summed E-state index contributed by atoms with van der Waals surface area (Å²) in [6.07, 6.45) is 7.90. The first kappa shape index (κ1) is 30.1. The Morgan fingerprint density at radius 1 is 1.15 bits per heavy atom. The van der Waals surface area contributed by atoms with E-state index in [1.54, 1.807) is 23.4 Å². The number of likely N-dealkylation sites (tertiary alicyclic amines) is 1. The molecule has 218 valence electrons. The molecule has 2 fully saturated rings. The van der Waals surface area contributed by atoms with Gasteiger partial charge in [-0.15, -0.1) is 0 Å². The molecule has 2 saturated heterocycles. The molecule has 41 heavy (non-hydrogen) atoms. The first-order valence-corrected chi connectivity index (χ1v) is 14.6. The third-order valence-electron chi connectivity index (χ3n) is 7.72. The number of ether oxygens (including phenoxy) is 1. The number of carbonyl (C=O) groups is 3. The third kappa shape index (κ3) is 9.32. The van der Waals surface area contributed by atoms with Crippen molar-refractivity contribution < 1.29 is 24.2 Å². The van der Waals surface area contributed by atoms with Gasteiger partial charge in [0.15, 0.2) is 0 Å². The molecule has 2 aliphatic rings. The van der Waals surface area contributed by atoms with Crippen LogP contribution in [0.4, 0.5) is 0 Å². The van der Waals surface area contributed by atoms with Gasteiger partial charge in [-0.3, -0.25) is 19.4 Å². The molecule has 9 heteroatoms. The van der Waals surface area contributed by atoms with Gasteiger partial charge in [-0.1, -0.05) is 17.9 Å². The van der Waals surface area contributed by atoms with Gasteiger partial charge in [0.05, 0.1) is 25.0 Å². The number of carbonyl (C=O) groups excluding carboxylic acids is 2. The van der Waals surface area contributed by atoms with Crippen molar-refractivity contribution in [1.29, 1.82) is 0 Å². The number of carboxylic acid groups (broad SMARTS) is 1. The molecule has 2 unspecified atom stereocenters. The minimum Gasteiger partial charge on any atom is -0.494 e.